The first kappa shape index (κ1) is 15.1. The molecule has 3 rings (SSSR count). The van der Waals surface area contributed by atoms with Crippen molar-refractivity contribution in [2.45, 2.75) is 13.5 Å². The molecule has 0 spiro atoms. The molecule has 0 unspecified atom stereocenters. The van der Waals surface area contributed by atoms with Crippen LogP contribution < -0.4 is 4.90 Å². The van der Waals surface area contributed by atoms with Crippen LogP contribution in [0.2, 0.25) is 0 Å². The van der Waals surface area contributed by atoms with Crippen molar-refractivity contribution in [1.82, 2.24) is 14.7 Å². The molecule has 1 aromatic carbocycles. The normalized spacial score (nSPS) is 15.2. The first-order chi connectivity index (χ1) is 10.7. The highest BCUT2D eigenvalue weighted by atomic mass is 79.9. The fourth-order valence-electron chi connectivity index (χ4n) is 2.77. The Morgan fingerprint density at radius 1 is 1.18 bits per heavy atom. The number of nitrogens with zero attached hydrogens (tertiary/aromatic N) is 4. The molecule has 6 heteroatoms. The van der Waals surface area contributed by atoms with Crippen molar-refractivity contribution in [3.05, 3.63) is 46.7 Å². The number of para-hydroxylation sites is 1. The van der Waals surface area contributed by atoms with Crippen LogP contribution in [0, 0.1) is 0 Å². The fourth-order valence-corrected chi connectivity index (χ4v) is 3.24. The SMILES string of the molecule is CCn1ncc(Br)c1C(=O)N1CCN(c2ccccc2)CC1. The van der Waals surface area contributed by atoms with Crippen LogP contribution in [0.4, 0.5) is 5.69 Å². The Bertz CT molecular complexity index is 647. The van der Waals surface area contributed by atoms with Gasteiger partial charge in [0.15, 0.2) is 0 Å². The van der Waals surface area contributed by atoms with Gasteiger partial charge in [-0.1, -0.05) is 18.2 Å². The summed E-state index contributed by atoms with van der Waals surface area (Å²) in [6.45, 7) is 5.85. The van der Waals surface area contributed by atoms with E-state index in [0.717, 1.165) is 30.7 Å². The Labute approximate surface area is 138 Å². The van der Waals surface area contributed by atoms with Crippen LogP contribution >= 0.6 is 15.9 Å². The molecule has 2 heterocycles. The Balaban J connectivity index is 1.69. The maximum absolute atomic E-state index is 12.7. The Morgan fingerprint density at radius 3 is 2.50 bits per heavy atom. The number of amides is 1. The van der Waals surface area contributed by atoms with Gasteiger partial charge in [0.05, 0.1) is 10.7 Å². The minimum atomic E-state index is 0.0546. The van der Waals surface area contributed by atoms with Crippen LogP contribution in [0.5, 0.6) is 0 Å². The first-order valence-electron chi connectivity index (χ1n) is 7.51. The van der Waals surface area contributed by atoms with E-state index >= 15 is 0 Å². The molecule has 0 saturated carbocycles. The van der Waals surface area contributed by atoms with Gasteiger partial charge in [-0.15, -0.1) is 0 Å². The summed E-state index contributed by atoms with van der Waals surface area (Å²) in [5.74, 6) is 0.0546. The number of hydrogen-bond acceptors (Lipinski definition) is 3. The summed E-state index contributed by atoms with van der Waals surface area (Å²) in [6.07, 6.45) is 1.69. The lowest BCUT2D eigenvalue weighted by Gasteiger charge is -2.36. The molecule has 0 atom stereocenters. The molecule has 1 fully saturated rings. The molecule has 1 saturated heterocycles. The van der Waals surface area contributed by atoms with Crippen LogP contribution in [-0.2, 0) is 6.54 Å². The third-order valence-electron chi connectivity index (χ3n) is 3.99. The summed E-state index contributed by atoms with van der Waals surface area (Å²) < 4.78 is 2.51. The molecule has 22 heavy (non-hydrogen) atoms. The number of carbonyl (C=O) groups excluding carboxylic acids is 1. The van der Waals surface area contributed by atoms with Crippen molar-refractivity contribution in [3.8, 4) is 0 Å². The molecule has 1 aliphatic rings. The number of rotatable bonds is 3. The van der Waals surface area contributed by atoms with E-state index in [0.29, 0.717) is 12.2 Å². The standard InChI is InChI=1S/C16H19BrN4O/c1-2-21-15(14(17)12-18-21)16(22)20-10-8-19(9-11-20)13-6-4-3-5-7-13/h3-7,12H,2,8-11H2,1H3. The van der Waals surface area contributed by atoms with Crippen LogP contribution in [0.1, 0.15) is 17.4 Å². The number of hydrogen-bond donors (Lipinski definition) is 0. The predicted octanol–water partition coefficient (Wildman–Crippen LogP) is 2.63. The third-order valence-corrected chi connectivity index (χ3v) is 4.57. The predicted molar refractivity (Wildman–Crippen MR) is 90.2 cm³/mol. The van der Waals surface area contributed by atoms with Crippen molar-refractivity contribution >= 4 is 27.5 Å². The second-order valence-corrected chi connectivity index (χ2v) is 6.13. The van der Waals surface area contributed by atoms with E-state index in [9.17, 15) is 4.79 Å². The summed E-state index contributed by atoms with van der Waals surface area (Å²) in [5, 5.41) is 4.22. The summed E-state index contributed by atoms with van der Waals surface area (Å²) in [5.41, 5.74) is 1.87. The number of benzene rings is 1. The van der Waals surface area contributed by atoms with Gasteiger partial charge in [0.25, 0.3) is 5.91 Å². The quantitative estimate of drug-likeness (QED) is 0.842. The average molecular weight is 363 g/mol. The van der Waals surface area contributed by atoms with Crippen molar-refractivity contribution in [1.29, 1.82) is 0 Å². The number of carbonyl (C=O) groups is 1. The second kappa shape index (κ2) is 6.52. The minimum absolute atomic E-state index is 0.0546. The third kappa shape index (κ3) is 2.88. The lowest BCUT2D eigenvalue weighted by molar-refractivity contribution is 0.0733. The van der Waals surface area contributed by atoms with Crippen molar-refractivity contribution < 1.29 is 4.79 Å². The van der Waals surface area contributed by atoms with Gasteiger partial charge in [0.2, 0.25) is 0 Å². The second-order valence-electron chi connectivity index (χ2n) is 5.27. The number of aromatic nitrogens is 2. The topological polar surface area (TPSA) is 41.4 Å². The van der Waals surface area contributed by atoms with Crippen molar-refractivity contribution in [2.24, 2.45) is 0 Å². The highest BCUT2D eigenvalue weighted by Gasteiger charge is 2.26. The van der Waals surface area contributed by atoms with Gasteiger partial charge in [0.1, 0.15) is 5.69 Å². The lowest BCUT2D eigenvalue weighted by Crippen LogP contribution is -2.49. The van der Waals surface area contributed by atoms with Gasteiger partial charge in [-0.05, 0) is 35.0 Å². The minimum Gasteiger partial charge on any atom is -0.368 e. The average Bonchev–Trinajstić information content (AvgIpc) is 2.96. The summed E-state index contributed by atoms with van der Waals surface area (Å²) in [4.78, 5) is 16.9. The van der Waals surface area contributed by atoms with E-state index in [1.807, 2.05) is 30.0 Å². The van der Waals surface area contributed by atoms with Gasteiger partial charge in [-0.25, -0.2) is 0 Å². The van der Waals surface area contributed by atoms with Crippen molar-refractivity contribution in [3.63, 3.8) is 0 Å². The first-order valence-corrected chi connectivity index (χ1v) is 8.30. The molecule has 2 aromatic rings. The molecular weight excluding hydrogens is 344 g/mol. The van der Waals surface area contributed by atoms with E-state index in [-0.39, 0.29) is 5.91 Å². The van der Waals surface area contributed by atoms with E-state index in [2.05, 4.69) is 38.1 Å². The molecule has 0 aliphatic carbocycles. The molecular formula is C16H19BrN4O. The summed E-state index contributed by atoms with van der Waals surface area (Å²) >= 11 is 3.43. The van der Waals surface area contributed by atoms with Gasteiger partial charge >= 0.3 is 0 Å². The largest absolute Gasteiger partial charge is 0.368 e. The molecule has 5 nitrogen and oxygen atoms in total. The van der Waals surface area contributed by atoms with E-state index in [4.69, 9.17) is 0 Å². The molecule has 0 bridgehead atoms. The van der Waals surface area contributed by atoms with Gasteiger partial charge in [-0.3, -0.25) is 9.48 Å². The summed E-state index contributed by atoms with van der Waals surface area (Å²) in [6, 6.07) is 10.3. The van der Waals surface area contributed by atoms with Crippen LogP contribution in [-0.4, -0.2) is 46.8 Å². The fraction of sp³-hybridized carbons (Fsp3) is 0.375. The summed E-state index contributed by atoms with van der Waals surface area (Å²) in [7, 11) is 0. The van der Waals surface area contributed by atoms with Crippen LogP contribution in [0.25, 0.3) is 0 Å². The maximum atomic E-state index is 12.7. The Hall–Kier alpha value is -1.82. The highest BCUT2D eigenvalue weighted by molar-refractivity contribution is 9.10. The van der Waals surface area contributed by atoms with Crippen LogP contribution in [0.15, 0.2) is 41.0 Å². The molecule has 1 aromatic heterocycles. The number of piperazine rings is 1. The number of anilines is 1. The molecule has 0 radical (unpaired) electrons. The zero-order valence-corrected chi connectivity index (χ0v) is 14.2. The van der Waals surface area contributed by atoms with Gasteiger partial charge < -0.3 is 9.80 Å². The van der Waals surface area contributed by atoms with Crippen molar-refractivity contribution in [2.75, 3.05) is 31.1 Å². The zero-order chi connectivity index (χ0) is 15.5. The number of aryl methyl sites for hydroxylation is 1. The molecule has 0 N–H and O–H groups in total. The van der Waals surface area contributed by atoms with Gasteiger partial charge in [0, 0.05) is 38.4 Å². The van der Waals surface area contributed by atoms with E-state index < -0.39 is 0 Å². The van der Waals surface area contributed by atoms with Gasteiger partial charge in [-0.2, -0.15) is 5.10 Å². The smallest absolute Gasteiger partial charge is 0.273 e. The van der Waals surface area contributed by atoms with E-state index in [1.54, 1.807) is 10.9 Å². The Kier molecular flexibility index (Phi) is 4.47. The van der Waals surface area contributed by atoms with E-state index in [1.165, 1.54) is 5.69 Å². The van der Waals surface area contributed by atoms with Crippen LogP contribution in [0.3, 0.4) is 0 Å². The lowest BCUT2D eigenvalue weighted by atomic mass is 10.2. The number of halogens is 1. The zero-order valence-electron chi connectivity index (χ0n) is 12.6. The Morgan fingerprint density at radius 2 is 1.86 bits per heavy atom. The highest BCUT2D eigenvalue weighted by Crippen LogP contribution is 2.20. The monoisotopic (exact) mass is 362 g/mol. The molecule has 116 valence electrons. The maximum Gasteiger partial charge on any atom is 0.273 e. The molecule has 1 aliphatic heterocycles. The molecule has 1 amide bonds.